The lowest BCUT2D eigenvalue weighted by Gasteiger charge is -2.48. The molecule has 3 rings (SSSR count). The summed E-state index contributed by atoms with van der Waals surface area (Å²) in [6, 6.07) is 1.96. The van der Waals surface area contributed by atoms with Crippen molar-refractivity contribution in [1.29, 1.82) is 0 Å². The molecule has 1 aliphatic carbocycles. The van der Waals surface area contributed by atoms with Gasteiger partial charge in [0, 0.05) is 24.2 Å². The normalized spacial score (nSPS) is 23.6. The molecule has 0 saturated heterocycles. The van der Waals surface area contributed by atoms with Crippen LogP contribution in [0.4, 0.5) is 0 Å². The highest BCUT2D eigenvalue weighted by Crippen LogP contribution is 2.52. The molecule has 1 unspecified atom stereocenters. The van der Waals surface area contributed by atoms with Gasteiger partial charge in [-0.2, -0.15) is 0 Å². The number of phenolic OH excluding ortho intramolecular Hbond substituents is 1. The fourth-order valence-corrected chi connectivity index (χ4v) is 3.37. The Labute approximate surface area is 114 Å². The molecule has 1 saturated carbocycles. The fraction of sp³-hybridized carbons (Fsp3) is 0.625. The Balaban J connectivity index is 2.08. The van der Waals surface area contributed by atoms with E-state index in [1.165, 1.54) is 6.42 Å². The Hall–Kier alpha value is -1.22. The summed E-state index contributed by atoms with van der Waals surface area (Å²) in [5.74, 6) is 1.29. The van der Waals surface area contributed by atoms with E-state index in [-0.39, 0.29) is 11.7 Å². The summed E-state index contributed by atoms with van der Waals surface area (Å²) in [7, 11) is 0. The number of phenols is 1. The van der Waals surface area contributed by atoms with E-state index < -0.39 is 0 Å². The number of fused-ring (bicyclic) bond motifs is 1. The van der Waals surface area contributed by atoms with Gasteiger partial charge in [0.25, 0.3) is 0 Å². The van der Waals surface area contributed by atoms with Crippen LogP contribution in [0.25, 0.3) is 0 Å². The van der Waals surface area contributed by atoms with Crippen molar-refractivity contribution < 1.29 is 14.6 Å². The van der Waals surface area contributed by atoms with Gasteiger partial charge in [-0.25, -0.2) is 0 Å². The largest absolute Gasteiger partial charge is 0.507 e. The molecule has 1 aromatic rings. The smallest absolute Gasteiger partial charge is 0.126 e. The zero-order chi connectivity index (χ0) is 13.6. The number of aryl methyl sites for hydroxylation is 1. The molecule has 19 heavy (non-hydrogen) atoms. The van der Waals surface area contributed by atoms with Crippen molar-refractivity contribution in [2.24, 2.45) is 0 Å². The molecule has 1 heterocycles. The SMILES string of the molecule is CCOC1CC2(CCC2)Oc2cc(C)c(O)c(C)c21. The van der Waals surface area contributed by atoms with Crippen molar-refractivity contribution in [2.45, 2.75) is 58.2 Å². The molecule has 3 heteroatoms. The van der Waals surface area contributed by atoms with Gasteiger partial charge in [0.15, 0.2) is 0 Å². The van der Waals surface area contributed by atoms with Crippen LogP contribution in [0.15, 0.2) is 6.07 Å². The molecular weight excluding hydrogens is 240 g/mol. The topological polar surface area (TPSA) is 38.7 Å². The summed E-state index contributed by atoms with van der Waals surface area (Å²) in [6.07, 6.45) is 4.45. The Morgan fingerprint density at radius 2 is 2.16 bits per heavy atom. The molecule has 0 aromatic heterocycles. The van der Waals surface area contributed by atoms with Crippen LogP contribution in [0.2, 0.25) is 0 Å². The minimum atomic E-state index is -0.0112. The monoisotopic (exact) mass is 262 g/mol. The average Bonchev–Trinajstić information content (AvgIpc) is 2.34. The van der Waals surface area contributed by atoms with Crippen LogP contribution in [0, 0.1) is 13.8 Å². The second kappa shape index (κ2) is 4.41. The molecule has 1 N–H and O–H groups in total. The van der Waals surface area contributed by atoms with Gasteiger partial charge in [-0.3, -0.25) is 0 Å². The van der Waals surface area contributed by atoms with E-state index in [2.05, 4.69) is 0 Å². The predicted molar refractivity (Wildman–Crippen MR) is 73.8 cm³/mol. The molecule has 104 valence electrons. The van der Waals surface area contributed by atoms with Gasteiger partial charge in [0.1, 0.15) is 17.1 Å². The van der Waals surface area contributed by atoms with E-state index in [1.54, 1.807) is 0 Å². The molecule has 1 fully saturated rings. The molecular formula is C16H22O3. The molecule has 1 aliphatic heterocycles. The second-order valence-electron chi connectivity index (χ2n) is 5.87. The van der Waals surface area contributed by atoms with Gasteiger partial charge in [0.05, 0.1) is 6.10 Å². The minimum absolute atomic E-state index is 0.0112. The molecule has 0 radical (unpaired) electrons. The first-order valence-electron chi connectivity index (χ1n) is 7.20. The van der Waals surface area contributed by atoms with Gasteiger partial charge >= 0.3 is 0 Å². The third-order valence-electron chi connectivity index (χ3n) is 4.58. The first-order valence-corrected chi connectivity index (χ1v) is 7.20. The Morgan fingerprint density at radius 1 is 1.42 bits per heavy atom. The lowest BCUT2D eigenvalue weighted by Crippen LogP contribution is -2.47. The van der Waals surface area contributed by atoms with Crippen LogP contribution in [-0.2, 0) is 4.74 Å². The lowest BCUT2D eigenvalue weighted by molar-refractivity contribution is -0.0854. The average molecular weight is 262 g/mol. The van der Waals surface area contributed by atoms with E-state index in [0.29, 0.717) is 12.4 Å². The highest BCUT2D eigenvalue weighted by Gasteiger charge is 2.46. The molecule has 1 aromatic carbocycles. The standard InChI is InChI=1S/C16H22O3/c1-4-18-13-9-16(6-5-7-16)19-12-8-10(2)15(17)11(3)14(12)13/h8,13,17H,4-7,9H2,1-3H3. The summed E-state index contributed by atoms with van der Waals surface area (Å²) in [5, 5.41) is 10.1. The summed E-state index contributed by atoms with van der Waals surface area (Å²) in [5.41, 5.74) is 2.82. The highest BCUT2D eigenvalue weighted by atomic mass is 16.5. The lowest BCUT2D eigenvalue weighted by atomic mass is 9.73. The Morgan fingerprint density at radius 3 is 2.74 bits per heavy atom. The third kappa shape index (κ3) is 1.91. The van der Waals surface area contributed by atoms with E-state index in [9.17, 15) is 5.11 Å². The fourth-order valence-electron chi connectivity index (χ4n) is 3.37. The molecule has 1 atom stereocenters. The van der Waals surface area contributed by atoms with Crippen LogP contribution >= 0.6 is 0 Å². The number of rotatable bonds is 2. The maximum absolute atomic E-state index is 10.1. The second-order valence-corrected chi connectivity index (χ2v) is 5.87. The van der Waals surface area contributed by atoms with Crippen molar-refractivity contribution in [3.05, 3.63) is 22.8 Å². The minimum Gasteiger partial charge on any atom is -0.507 e. The zero-order valence-corrected chi connectivity index (χ0v) is 12.0. The quantitative estimate of drug-likeness (QED) is 0.881. The van der Waals surface area contributed by atoms with Gasteiger partial charge in [0.2, 0.25) is 0 Å². The molecule has 0 bridgehead atoms. The third-order valence-corrected chi connectivity index (χ3v) is 4.58. The maximum atomic E-state index is 10.1. The van der Waals surface area contributed by atoms with Gasteiger partial charge in [-0.05, 0) is 51.7 Å². The van der Waals surface area contributed by atoms with Gasteiger partial charge in [-0.1, -0.05) is 0 Å². The van der Waals surface area contributed by atoms with E-state index in [4.69, 9.17) is 9.47 Å². The van der Waals surface area contributed by atoms with Crippen molar-refractivity contribution in [3.8, 4) is 11.5 Å². The number of ether oxygens (including phenoxy) is 2. The van der Waals surface area contributed by atoms with Gasteiger partial charge in [-0.15, -0.1) is 0 Å². The first kappa shape index (κ1) is 12.8. The first-order chi connectivity index (χ1) is 9.06. The molecule has 3 nitrogen and oxygen atoms in total. The number of aromatic hydroxyl groups is 1. The summed E-state index contributed by atoms with van der Waals surface area (Å²) < 4.78 is 12.2. The van der Waals surface area contributed by atoms with Crippen molar-refractivity contribution in [2.75, 3.05) is 6.61 Å². The Bertz CT molecular complexity index is 503. The number of hydrogen-bond donors (Lipinski definition) is 1. The summed E-state index contributed by atoms with van der Waals surface area (Å²) in [6.45, 7) is 6.58. The summed E-state index contributed by atoms with van der Waals surface area (Å²) >= 11 is 0. The van der Waals surface area contributed by atoms with Crippen LogP contribution in [-0.4, -0.2) is 17.3 Å². The van der Waals surface area contributed by atoms with E-state index in [1.807, 2.05) is 26.8 Å². The van der Waals surface area contributed by atoms with Crippen LogP contribution in [0.1, 0.15) is 55.4 Å². The van der Waals surface area contributed by atoms with Crippen LogP contribution in [0.5, 0.6) is 11.5 Å². The maximum Gasteiger partial charge on any atom is 0.126 e. The van der Waals surface area contributed by atoms with E-state index in [0.717, 1.165) is 41.7 Å². The van der Waals surface area contributed by atoms with Crippen LogP contribution < -0.4 is 4.74 Å². The molecule has 0 amide bonds. The van der Waals surface area contributed by atoms with Crippen LogP contribution in [0.3, 0.4) is 0 Å². The van der Waals surface area contributed by atoms with Crippen molar-refractivity contribution in [1.82, 2.24) is 0 Å². The summed E-state index contributed by atoms with van der Waals surface area (Å²) in [4.78, 5) is 0. The Kier molecular flexibility index (Phi) is 2.97. The van der Waals surface area contributed by atoms with Crippen molar-refractivity contribution >= 4 is 0 Å². The predicted octanol–water partition coefficient (Wildman–Crippen LogP) is 3.79. The number of hydrogen-bond acceptors (Lipinski definition) is 3. The highest BCUT2D eigenvalue weighted by molar-refractivity contribution is 5.54. The molecule has 2 aliphatic rings. The molecule has 1 spiro atoms. The number of benzene rings is 1. The van der Waals surface area contributed by atoms with Gasteiger partial charge < -0.3 is 14.6 Å². The zero-order valence-electron chi connectivity index (χ0n) is 12.0. The van der Waals surface area contributed by atoms with E-state index >= 15 is 0 Å². The van der Waals surface area contributed by atoms with Crippen molar-refractivity contribution in [3.63, 3.8) is 0 Å².